The van der Waals surface area contributed by atoms with E-state index in [1.807, 2.05) is 0 Å². The van der Waals surface area contributed by atoms with Crippen LogP contribution in [0, 0.1) is 59.2 Å². The molecule has 122 valence electrons. The first-order valence-electron chi connectivity index (χ1n) is 9.11. The lowest BCUT2D eigenvalue weighted by Gasteiger charge is -2.14. The maximum atomic E-state index is 2.40. The van der Waals surface area contributed by atoms with Crippen molar-refractivity contribution in [3.8, 4) is 0 Å². The summed E-state index contributed by atoms with van der Waals surface area (Å²) in [6.45, 7) is 24.0. The van der Waals surface area contributed by atoms with Crippen LogP contribution >= 0.6 is 0 Å². The molecule has 2 aliphatic carbocycles. The predicted octanol–water partition coefficient (Wildman–Crippen LogP) is 5.98. The van der Waals surface area contributed by atoms with Crippen LogP contribution in [-0.2, 0) is 0 Å². The van der Waals surface area contributed by atoms with Crippen molar-refractivity contribution in [3.05, 3.63) is 0 Å². The molecular weight excluding hydrogens is 265 g/mol. The average Bonchev–Trinajstić information content (AvgIpc) is 2.71. The van der Waals surface area contributed by atoms with Crippen LogP contribution in [0.1, 0.15) is 69.2 Å². The van der Waals surface area contributed by atoms with Gasteiger partial charge in [0.15, 0.2) is 0 Å². The van der Waals surface area contributed by atoms with E-state index < -0.39 is 0 Å². The zero-order valence-electron chi connectivity index (χ0n) is 16.5. The molecule has 0 bridgehead atoms. The summed E-state index contributed by atoms with van der Waals surface area (Å²) in [7, 11) is 0. The fourth-order valence-corrected chi connectivity index (χ4v) is 4.79. The Labute approximate surface area is 151 Å². The summed E-state index contributed by atoms with van der Waals surface area (Å²) in [5, 5.41) is 0. The van der Waals surface area contributed by atoms with Crippen molar-refractivity contribution in [1.82, 2.24) is 0 Å². The quantitative estimate of drug-likeness (QED) is 0.483. The molecule has 0 heterocycles. The monoisotopic (exact) mass is 304 g/mol. The largest absolute Gasteiger partial charge is 0.0620 e. The van der Waals surface area contributed by atoms with Gasteiger partial charge in [0.05, 0.1) is 0 Å². The highest BCUT2D eigenvalue weighted by Crippen LogP contribution is 2.45. The van der Waals surface area contributed by atoms with Gasteiger partial charge >= 0.3 is 0 Å². The summed E-state index contributed by atoms with van der Waals surface area (Å²) in [5.41, 5.74) is 0. The van der Waals surface area contributed by atoms with Gasteiger partial charge in [0, 0.05) is 23.1 Å². The van der Waals surface area contributed by atoms with Crippen LogP contribution in [0.15, 0.2) is 0 Å². The Kier molecular flexibility index (Phi) is 8.88. The predicted molar refractivity (Wildman–Crippen MR) is 97.4 cm³/mol. The molecule has 1 heteroatoms. The summed E-state index contributed by atoms with van der Waals surface area (Å²) < 4.78 is 0. The normalized spacial score (nSPS) is 52.9. The first-order chi connectivity index (χ1) is 9.11. The third-order valence-electron chi connectivity index (χ3n) is 8.29. The molecule has 0 nitrogen and oxygen atoms in total. The topological polar surface area (TPSA) is 0 Å². The minimum atomic E-state index is 0. The molecule has 2 radical (unpaired) electrons. The average molecular weight is 305 g/mol. The van der Waals surface area contributed by atoms with Crippen molar-refractivity contribution in [1.29, 1.82) is 0 Å². The van der Waals surface area contributed by atoms with Gasteiger partial charge in [-0.1, -0.05) is 69.2 Å². The first kappa shape index (κ1) is 21.8. The van der Waals surface area contributed by atoms with Gasteiger partial charge < -0.3 is 0 Å². The SMILES string of the molecule is CC1C(C)C(C)C(C)C1C.CC1C(C)C(C)C(C)C1C.[Mg]. The summed E-state index contributed by atoms with van der Waals surface area (Å²) in [4.78, 5) is 0. The highest BCUT2D eigenvalue weighted by molar-refractivity contribution is 5.75. The smallest absolute Gasteiger partial charge is 0 e. The lowest BCUT2D eigenvalue weighted by molar-refractivity contribution is 0.352. The van der Waals surface area contributed by atoms with Crippen molar-refractivity contribution in [2.75, 3.05) is 0 Å². The van der Waals surface area contributed by atoms with Crippen molar-refractivity contribution in [2.24, 2.45) is 59.2 Å². The highest BCUT2D eigenvalue weighted by Gasteiger charge is 2.39. The maximum Gasteiger partial charge on any atom is 0 e. The van der Waals surface area contributed by atoms with Gasteiger partial charge in [-0.2, -0.15) is 0 Å². The van der Waals surface area contributed by atoms with Crippen LogP contribution in [0.3, 0.4) is 0 Å². The fraction of sp³-hybridized carbons (Fsp3) is 1.00. The number of rotatable bonds is 0. The van der Waals surface area contributed by atoms with Gasteiger partial charge in [0.25, 0.3) is 0 Å². The van der Waals surface area contributed by atoms with Gasteiger partial charge in [-0.15, -0.1) is 0 Å². The van der Waals surface area contributed by atoms with Gasteiger partial charge in [0.1, 0.15) is 0 Å². The summed E-state index contributed by atoms with van der Waals surface area (Å²) in [6, 6.07) is 0. The van der Waals surface area contributed by atoms with Crippen LogP contribution < -0.4 is 0 Å². The van der Waals surface area contributed by atoms with Crippen LogP contribution in [0.4, 0.5) is 0 Å². The van der Waals surface area contributed by atoms with Gasteiger partial charge in [-0.05, 0) is 59.2 Å². The molecule has 2 rings (SSSR count). The third-order valence-corrected chi connectivity index (χ3v) is 8.29. The molecule has 0 aromatic rings. The third kappa shape index (κ3) is 4.40. The van der Waals surface area contributed by atoms with Gasteiger partial charge in [-0.3, -0.25) is 0 Å². The summed E-state index contributed by atoms with van der Waals surface area (Å²) in [6.07, 6.45) is 0. The molecule has 2 saturated carbocycles. The van der Waals surface area contributed by atoms with E-state index in [1.54, 1.807) is 0 Å². The van der Waals surface area contributed by atoms with E-state index in [2.05, 4.69) is 69.2 Å². The lowest BCUT2D eigenvalue weighted by atomic mass is 9.92. The molecule has 0 amide bonds. The summed E-state index contributed by atoms with van der Waals surface area (Å²) in [5.74, 6) is 9.35. The summed E-state index contributed by atoms with van der Waals surface area (Å²) >= 11 is 0. The van der Waals surface area contributed by atoms with Crippen molar-refractivity contribution in [3.63, 3.8) is 0 Å². The standard InChI is InChI=1S/2C10H20.Mg/c2*1-6-7(2)9(4)10(5)8(6)3;/h2*6-10H,1-5H3;. The van der Waals surface area contributed by atoms with Gasteiger partial charge in [0.2, 0.25) is 0 Å². The molecule has 0 N–H and O–H groups in total. The Hall–Kier alpha value is 0.766. The molecule has 0 spiro atoms. The van der Waals surface area contributed by atoms with Gasteiger partial charge in [-0.25, -0.2) is 0 Å². The van der Waals surface area contributed by atoms with E-state index in [-0.39, 0.29) is 23.1 Å². The van der Waals surface area contributed by atoms with E-state index in [1.165, 1.54) is 0 Å². The van der Waals surface area contributed by atoms with E-state index in [0.717, 1.165) is 59.2 Å². The highest BCUT2D eigenvalue weighted by atomic mass is 24.3. The van der Waals surface area contributed by atoms with Crippen LogP contribution in [-0.4, -0.2) is 23.1 Å². The second-order valence-electron chi connectivity index (χ2n) is 8.59. The molecule has 2 fully saturated rings. The fourth-order valence-electron chi connectivity index (χ4n) is 4.79. The zero-order valence-corrected chi connectivity index (χ0v) is 17.9. The Balaban J connectivity index is 0.000000364. The second-order valence-corrected chi connectivity index (χ2v) is 8.59. The van der Waals surface area contributed by atoms with Crippen LogP contribution in [0.25, 0.3) is 0 Å². The van der Waals surface area contributed by atoms with Crippen molar-refractivity contribution >= 4 is 23.1 Å². The molecule has 0 unspecified atom stereocenters. The zero-order chi connectivity index (χ0) is 15.8. The molecule has 0 saturated heterocycles. The number of hydrogen-bond donors (Lipinski definition) is 0. The van der Waals surface area contributed by atoms with E-state index in [4.69, 9.17) is 0 Å². The second kappa shape index (κ2) is 8.57. The van der Waals surface area contributed by atoms with Crippen LogP contribution in [0.2, 0.25) is 0 Å². The van der Waals surface area contributed by atoms with Crippen molar-refractivity contribution < 1.29 is 0 Å². The first-order valence-corrected chi connectivity index (χ1v) is 9.11. The molecule has 0 aromatic carbocycles. The van der Waals surface area contributed by atoms with Crippen molar-refractivity contribution in [2.45, 2.75) is 69.2 Å². The van der Waals surface area contributed by atoms with E-state index in [9.17, 15) is 0 Å². The Morgan fingerprint density at radius 2 is 0.286 bits per heavy atom. The molecule has 21 heavy (non-hydrogen) atoms. The molecule has 2 aliphatic rings. The molecule has 0 atom stereocenters. The Bertz CT molecular complexity index is 181. The van der Waals surface area contributed by atoms with E-state index in [0.29, 0.717) is 0 Å². The maximum absolute atomic E-state index is 2.40. The molecule has 0 aliphatic heterocycles. The lowest BCUT2D eigenvalue weighted by Crippen LogP contribution is -2.07. The molecule has 0 aromatic heterocycles. The molecular formula is C20H40Mg. The Morgan fingerprint density at radius 1 is 0.238 bits per heavy atom. The minimum Gasteiger partial charge on any atom is -0.0620 e. The number of hydrogen-bond acceptors (Lipinski definition) is 0. The van der Waals surface area contributed by atoms with Crippen LogP contribution in [0.5, 0.6) is 0 Å². The minimum absolute atomic E-state index is 0. The Morgan fingerprint density at radius 3 is 0.333 bits per heavy atom. The van der Waals surface area contributed by atoms with E-state index >= 15 is 0 Å².